The zero-order valence-electron chi connectivity index (χ0n) is 12.9. The van der Waals surface area contributed by atoms with Crippen LogP contribution >= 0.6 is 15.9 Å². The van der Waals surface area contributed by atoms with Crippen molar-refractivity contribution in [1.82, 2.24) is 5.32 Å². The number of ether oxygens (including phenoxy) is 1. The summed E-state index contributed by atoms with van der Waals surface area (Å²) in [6.07, 6.45) is 0. The number of hydrogen-bond donors (Lipinski definition) is 1. The van der Waals surface area contributed by atoms with Crippen LogP contribution in [0.4, 0.5) is 0 Å². The molecule has 1 amide bonds. The highest BCUT2D eigenvalue weighted by Crippen LogP contribution is 2.31. The first-order valence-electron chi connectivity index (χ1n) is 6.89. The van der Waals surface area contributed by atoms with E-state index in [4.69, 9.17) is 4.74 Å². The smallest absolute Gasteiger partial charge is 0.257 e. The Morgan fingerprint density at radius 1 is 1.35 bits per heavy atom. The Labute approximate surface area is 130 Å². The van der Waals surface area contributed by atoms with Crippen molar-refractivity contribution in [1.29, 1.82) is 0 Å². The van der Waals surface area contributed by atoms with Gasteiger partial charge in [0.15, 0.2) is 6.61 Å². The summed E-state index contributed by atoms with van der Waals surface area (Å²) >= 11 is 3.50. The molecule has 20 heavy (non-hydrogen) atoms. The molecule has 1 rings (SSSR count). The maximum atomic E-state index is 11.6. The van der Waals surface area contributed by atoms with E-state index in [0.29, 0.717) is 18.2 Å². The van der Waals surface area contributed by atoms with E-state index in [2.05, 4.69) is 55.9 Å². The second kappa shape index (κ2) is 7.11. The predicted octanol–water partition coefficient (Wildman–Crippen LogP) is 3.90. The lowest BCUT2D eigenvalue weighted by atomic mass is 9.87. The summed E-state index contributed by atoms with van der Waals surface area (Å²) in [5, 5.41) is 2.83. The molecule has 1 aromatic rings. The fourth-order valence-electron chi connectivity index (χ4n) is 1.60. The third kappa shape index (κ3) is 5.53. The van der Waals surface area contributed by atoms with Gasteiger partial charge in [-0.1, -0.05) is 40.7 Å². The Hall–Kier alpha value is -1.03. The van der Waals surface area contributed by atoms with Crippen molar-refractivity contribution in [3.63, 3.8) is 0 Å². The minimum absolute atomic E-state index is 0.0418. The van der Waals surface area contributed by atoms with Gasteiger partial charge in [0.1, 0.15) is 5.75 Å². The van der Waals surface area contributed by atoms with Crippen LogP contribution in [0.1, 0.15) is 40.2 Å². The monoisotopic (exact) mass is 341 g/mol. The Morgan fingerprint density at radius 3 is 2.50 bits per heavy atom. The van der Waals surface area contributed by atoms with Gasteiger partial charge in [-0.15, -0.1) is 0 Å². The van der Waals surface area contributed by atoms with Crippen molar-refractivity contribution in [2.24, 2.45) is 5.92 Å². The first-order valence-corrected chi connectivity index (χ1v) is 7.69. The van der Waals surface area contributed by atoms with E-state index in [1.807, 2.05) is 18.2 Å². The molecule has 0 fully saturated rings. The maximum absolute atomic E-state index is 11.6. The number of carbonyl (C=O) groups is 1. The number of rotatable bonds is 5. The molecule has 0 heterocycles. The Morgan fingerprint density at radius 2 is 2.00 bits per heavy atom. The highest BCUT2D eigenvalue weighted by molar-refractivity contribution is 9.10. The van der Waals surface area contributed by atoms with Crippen molar-refractivity contribution >= 4 is 21.8 Å². The molecule has 4 heteroatoms. The standard InChI is InChI=1S/C16H24BrNO2/c1-11(2)9-18-15(19)10-20-14-7-6-12(8-13(14)17)16(3,4)5/h6-8,11H,9-10H2,1-5H3,(H,18,19). The van der Waals surface area contributed by atoms with E-state index >= 15 is 0 Å². The third-order valence-corrected chi connectivity index (χ3v) is 3.48. The van der Waals surface area contributed by atoms with Crippen molar-refractivity contribution in [2.45, 2.75) is 40.0 Å². The van der Waals surface area contributed by atoms with E-state index in [1.165, 1.54) is 5.56 Å². The zero-order chi connectivity index (χ0) is 15.3. The molecule has 3 nitrogen and oxygen atoms in total. The Bertz CT molecular complexity index is 464. The topological polar surface area (TPSA) is 38.3 Å². The minimum atomic E-state index is -0.0921. The molecule has 0 atom stereocenters. The summed E-state index contributed by atoms with van der Waals surface area (Å²) in [5.41, 5.74) is 1.32. The van der Waals surface area contributed by atoms with E-state index in [1.54, 1.807) is 0 Å². The fraction of sp³-hybridized carbons (Fsp3) is 0.562. The van der Waals surface area contributed by atoms with E-state index in [9.17, 15) is 4.79 Å². The van der Waals surface area contributed by atoms with Crippen LogP contribution in [0, 0.1) is 5.92 Å². The van der Waals surface area contributed by atoms with Crippen LogP contribution in [0.2, 0.25) is 0 Å². The van der Waals surface area contributed by atoms with E-state index in [-0.39, 0.29) is 17.9 Å². The van der Waals surface area contributed by atoms with E-state index < -0.39 is 0 Å². The van der Waals surface area contributed by atoms with Crippen molar-refractivity contribution in [3.8, 4) is 5.75 Å². The summed E-state index contributed by atoms with van der Waals surface area (Å²) in [7, 11) is 0. The number of benzene rings is 1. The molecule has 0 aliphatic heterocycles. The first-order chi connectivity index (χ1) is 9.20. The third-order valence-electron chi connectivity index (χ3n) is 2.86. The van der Waals surface area contributed by atoms with Gasteiger partial charge in [-0.05, 0) is 45.0 Å². The van der Waals surface area contributed by atoms with Crippen LogP contribution in [0.15, 0.2) is 22.7 Å². The van der Waals surface area contributed by atoms with Crippen LogP contribution in [-0.2, 0) is 10.2 Å². The number of halogens is 1. The highest BCUT2D eigenvalue weighted by Gasteiger charge is 2.15. The maximum Gasteiger partial charge on any atom is 0.257 e. The van der Waals surface area contributed by atoms with Crippen LogP contribution in [0.5, 0.6) is 5.75 Å². The fourth-order valence-corrected chi connectivity index (χ4v) is 2.09. The lowest BCUT2D eigenvalue weighted by Crippen LogP contribution is -2.31. The second-order valence-corrected chi connectivity index (χ2v) is 7.24. The van der Waals surface area contributed by atoms with Crippen LogP contribution in [0.3, 0.4) is 0 Å². The summed E-state index contributed by atoms with van der Waals surface area (Å²) in [6, 6.07) is 5.98. The van der Waals surface area contributed by atoms with Crippen molar-refractivity contribution < 1.29 is 9.53 Å². The van der Waals surface area contributed by atoms with Gasteiger partial charge < -0.3 is 10.1 Å². The van der Waals surface area contributed by atoms with Crippen molar-refractivity contribution in [2.75, 3.05) is 13.2 Å². The molecular weight excluding hydrogens is 318 g/mol. The molecule has 0 spiro atoms. The number of nitrogens with one attached hydrogen (secondary N) is 1. The Balaban J connectivity index is 2.59. The van der Waals surface area contributed by atoms with Gasteiger partial charge in [0, 0.05) is 6.54 Å². The molecule has 0 radical (unpaired) electrons. The molecular formula is C16H24BrNO2. The van der Waals surface area contributed by atoms with Gasteiger partial charge in [-0.3, -0.25) is 4.79 Å². The van der Waals surface area contributed by atoms with Gasteiger partial charge in [-0.25, -0.2) is 0 Å². The van der Waals surface area contributed by atoms with Gasteiger partial charge in [0.2, 0.25) is 0 Å². The average molecular weight is 342 g/mol. The number of carbonyl (C=O) groups excluding carboxylic acids is 1. The zero-order valence-corrected chi connectivity index (χ0v) is 14.5. The molecule has 0 unspecified atom stereocenters. The quantitative estimate of drug-likeness (QED) is 0.881. The molecule has 1 aromatic carbocycles. The SMILES string of the molecule is CC(C)CNC(=O)COc1ccc(C(C)(C)C)cc1Br. The number of hydrogen-bond acceptors (Lipinski definition) is 2. The van der Waals surface area contributed by atoms with Crippen LogP contribution in [-0.4, -0.2) is 19.1 Å². The van der Waals surface area contributed by atoms with Gasteiger partial charge in [0.05, 0.1) is 4.47 Å². The lowest BCUT2D eigenvalue weighted by molar-refractivity contribution is -0.123. The molecule has 1 N–H and O–H groups in total. The normalized spacial score (nSPS) is 11.6. The minimum Gasteiger partial charge on any atom is -0.483 e. The van der Waals surface area contributed by atoms with Gasteiger partial charge in [-0.2, -0.15) is 0 Å². The second-order valence-electron chi connectivity index (χ2n) is 6.38. The molecule has 0 saturated heterocycles. The van der Waals surface area contributed by atoms with Crippen LogP contribution in [0.25, 0.3) is 0 Å². The van der Waals surface area contributed by atoms with Crippen LogP contribution < -0.4 is 10.1 Å². The Kier molecular flexibility index (Phi) is 6.06. The number of amides is 1. The highest BCUT2D eigenvalue weighted by atomic mass is 79.9. The summed E-state index contributed by atoms with van der Waals surface area (Å²) in [5.74, 6) is 1.04. The summed E-state index contributed by atoms with van der Waals surface area (Å²) < 4.78 is 6.42. The largest absolute Gasteiger partial charge is 0.483 e. The van der Waals surface area contributed by atoms with E-state index in [0.717, 1.165) is 4.47 Å². The van der Waals surface area contributed by atoms with Crippen molar-refractivity contribution in [3.05, 3.63) is 28.2 Å². The average Bonchev–Trinajstić information content (AvgIpc) is 2.33. The van der Waals surface area contributed by atoms with Gasteiger partial charge in [0.25, 0.3) is 5.91 Å². The van der Waals surface area contributed by atoms with Gasteiger partial charge >= 0.3 is 0 Å². The molecule has 112 valence electrons. The predicted molar refractivity (Wildman–Crippen MR) is 86.2 cm³/mol. The molecule has 0 aromatic heterocycles. The molecule has 0 aliphatic carbocycles. The molecule has 0 aliphatic rings. The lowest BCUT2D eigenvalue weighted by Gasteiger charge is -2.20. The molecule has 0 saturated carbocycles. The summed E-state index contributed by atoms with van der Waals surface area (Å²) in [4.78, 5) is 11.6. The molecule has 0 bridgehead atoms. The first kappa shape index (κ1) is 17.0. The summed E-state index contributed by atoms with van der Waals surface area (Å²) in [6.45, 7) is 11.3.